The largest absolute Gasteiger partial charge is 0.414 e. The minimum atomic E-state index is -1.74. The molecule has 1 spiro atoms. The fraction of sp³-hybridized carbons (Fsp3) is 0.690. The fourth-order valence-corrected chi connectivity index (χ4v) is 7.96. The second kappa shape index (κ2) is 9.66. The van der Waals surface area contributed by atoms with E-state index in [0.29, 0.717) is 17.9 Å². The second-order valence-corrected chi connectivity index (χ2v) is 18.1. The van der Waals surface area contributed by atoms with Gasteiger partial charge in [-0.1, -0.05) is 26.8 Å². The Bertz CT molecular complexity index is 1290. The van der Waals surface area contributed by atoms with E-state index in [1.165, 1.54) is 12.8 Å². The maximum absolute atomic E-state index is 13.3. The van der Waals surface area contributed by atoms with E-state index in [1.807, 2.05) is 12.1 Å². The van der Waals surface area contributed by atoms with Crippen LogP contribution < -0.4 is 15.9 Å². The minimum Gasteiger partial charge on any atom is -0.414 e. The van der Waals surface area contributed by atoms with E-state index >= 15 is 0 Å². The number of aryl methyl sites for hydroxylation is 1. The van der Waals surface area contributed by atoms with Gasteiger partial charge in [-0.25, -0.2) is 4.79 Å². The molecule has 1 aromatic heterocycles. The van der Waals surface area contributed by atoms with Crippen LogP contribution in [0.3, 0.4) is 0 Å². The number of nitrogens with one attached hydrogen (secondary N) is 1. The molecule has 1 aliphatic carbocycles. The first-order chi connectivity index (χ1) is 17.8. The molecule has 1 aromatic carbocycles. The van der Waals surface area contributed by atoms with Gasteiger partial charge in [-0.05, 0) is 80.6 Å². The lowest BCUT2D eigenvalue weighted by molar-refractivity contribution is -0.135. The van der Waals surface area contributed by atoms with Crippen molar-refractivity contribution in [3.05, 3.63) is 28.7 Å². The highest BCUT2D eigenvalue weighted by Gasteiger charge is 2.43. The van der Waals surface area contributed by atoms with Crippen molar-refractivity contribution >= 4 is 36.9 Å². The van der Waals surface area contributed by atoms with E-state index in [4.69, 9.17) is 4.43 Å². The summed E-state index contributed by atoms with van der Waals surface area (Å²) in [7, 11) is 0.0405. The first kappa shape index (κ1) is 27.2. The zero-order valence-electron chi connectivity index (χ0n) is 23.9. The summed E-state index contributed by atoms with van der Waals surface area (Å²) in [5, 5.41) is 2.64. The van der Waals surface area contributed by atoms with E-state index < -0.39 is 20.3 Å². The maximum atomic E-state index is 13.3. The lowest BCUT2D eigenvalue weighted by Gasteiger charge is -2.48. The Morgan fingerprint density at radius 2 is 1.66 bits per heavy atom. The molecule has 3 heterocycles. The summed E-state index contributed by atoms with van der Waals surface area (Å²) in [6.07, 6.45) is 8.07. The van der Waals surface area contributed by atoms with Gasteiger partial charge in [-0.3, -0.25) is 24.0 Å². The number of amides is 2. The highest BCUT2D eigenvalue weighted by molar-refractivity contribution is 6.74. The van der Waals surface area contributed by atoms with Crippen LogP contribution in [0.2, 0.25) is 18.1 Å². The summed E-state index contributed by atoms with van der Waals surface area (Å²) in [5.74, 6) is -0.669. The van der Waals surface area contributed by atoms with Gasteiger partial charge in [0.25, 0.3) is 0 Å². The normalized spacial score (nSPS) is 23.3. The number of rotatable bonds is 4. The molecule has 2 saturated heterocycles. The predicted molar refractivity (Wildman–Crippen MR) is 153 cm³/mol. The number of nitrogens with zero attached hydrogens (tertiary/aromatic N) is 3. The van der Waals surface area contributed by atoms with Crippen LogP contribution in [-0.2, 0) is 21.1 Å². The van der Waals surface area contributed by atoms with Gasteiger partial charge in [-0.15, -0.1) is 0 Å². The quantitative estimate of drug-likeness (QED) is 0.442. The van der Waals surface area contributed by atoms with E-state index in [2.05, 4.69) is 50.1 Å². The first-order valence-corrected chi connectivity index (χ1v) is 17.2. The third-order valence-electron chi connectivity index (χ3n) is 10.0. The topological polar surface area (TPSA) is 85.6 Å². The zero-order valence-corrected chi connectivity index (χ0v) is 24.9. The first-order valence-electron chi connectivity index (χ1n) is 14.3. The number of piperidine rings is 2. The third kappa shape index (κ3) is 4.76. The Morgan fingerprint density at radius 3 is 2.26 bits per heavy atom. The molecular formula is C29H44N4O4Si. The van der Waals surface area contributed by atoms with Crippen LogP contribution in [0.4, 0.5) is 5.69 Å². The van der Waals surface area contributed by atoms with E-state index in [0.717, 1.165) is 55.5 Å². The number of fused-ring (bicyclic) bond motifs is 1. The molecule has 2 aromatic rings. The van der Waals surface area contributed by atoms with Crippen LogP contribution in [0.15, 0.2) is 23.0 Å². The summed E-state index contributed by atoms with van der Waals surface area (Å²) in [6, 6.07) is 5.33. The molecule has 9 heteroatoms. The van der Waals surface area contributed by atoms with Gasteiger partial charge >= 0.3 is 5.69 Å². The number of imidazole rings is 1. The van der Waals surface area contributed by atoms with Crippen molar-refractivity contribution in [2.24, 2.45) is 12.5 Å². The second-order valence-electron chi connectivity index (χ2n) is 13.4. The fourth-order valence-electron chi connectivity index (χ4n) is 6.54. The van der Waals surface area contributed by atoms with Gasteiger partial charge in [-0.2, -0.15) is 0 Å². The van der Waals surface area contributed by atoms with Crippen molar-refractivity contribution in [2.75, 3.05) is 18.0 Å². The van der Waals surface area contributed by atoms with Crippen LogP contribution in [-0.4, -0.2) is 48.5 Å². The molecule has 0 bridgehead atoms. The van der Waals surface area contributed by atoms with Crippen molar-refractivity contribution in [1.82, 2.24) is 14.5 Å². The van der Waals surface area contributed by atoms with Gasteiger partial charge in [0.1, 0.15) is 6.04 Å². The number of carbonyl (C=O) groups excluding carboxylic acids is 2. The lowest BCUT2D eigenvalue weighted by Crippen LogP contribution is -2.47. The summed E-state index contributed by atoms with van der Waals surface area (Å²) in [4.78, 5) is 40.0. The Labute approximate surface area is 226 Å². The SMILES string of the molecule is Cn1c(=O)n(C2CCC(=O)NC2=O)c2cccc(N3CCC4(CCC(O[Si](C)(C)C(C)(C)C)CC4)CC3)c21. The van der Waals surface area contributed by atoms with Crippen molar-refractivity contribution < 1.29 is 14.0 Å². The molecular weight excluding hydrogens is 496 g/mol. The maximum Gasteiger partial charge on any atom is 0.329 e. The Kier molecular flexibility index (Phi) is 6.91. The van der Waals surface area contributed by atoms with Crippen molar-refractivity contribution in [3.8, 4) is 0 Å². The number of anilines is 1. The number of benzene rings is 1. The van der Waals surface area contributed by atoms with E-state index in [9.17, 15) is 14.4 Å². The monoisotopic (exact) mass is 540 g/mol. The molecule has 1 saturated carbocycles. The zero-order chi connectivity index (χ0) is 27.5. The number of carbonyl (C=O) groups is 2. The van der Waals surface area contributed by atoms with Gasteiger partial charge < -0.3 is 9.33 Å². The van der Waals surface area contributed by atoms with Crippen molar-refractivity contribution in [2.45, 2.75) is 102 Å². The van der Waals surface area contributed by atoms with E-state index in [-0.39, 0.29) is 23.1 Å². The molecule has 5 rings (SSSR count). The molecule has 8 nitrogen and oxygen atoms in total. The minimum absolute atomic E-state index is 0.213. The molecule has 1 N–H and O–H groups in total. The summed E-state index contributed by atoms with van der Waals surface area (Å²) in [6.45, 7) is 13.6. The number of imide groups is 1. The highest BCUT2D eigenvalue weighted by atomic mass is 28.4. The van der Waals surface area contributed by atoms with Crippen LogP contribution in [0.5, 0.6) is 0 Å². The number of hydrogen-bond donors (Lipinski definition) is 1. The van der Waals surface area contributed by atoms with Crippen LogP contribution in [0.25, 0.3) is 11.0 Å². The molecule has 1 unspecified atom stereocenters. The molecule has 2 aliphatic heterocycles. The summed E-state index contributed by atoms with van der Waals surface area (Å²) >= 11 is 0. The van der Waals surface area contributed by atoms with Crippen LogP contribution in [0, 0.1) is 5.41 Å². The van der Waals surface area contributed by atoms with Gasteiger partial charge in [0.15, 0.2) is 8.32 Å². The molecule has 1 atom stereocenters. The lowest BCUT2D eigenvalue weighted by atomic mass is 9.67. The average molecular weight is 541 g/mol. The number of para-hydroxylation sites is 1. The predicted octanol–water partition coefficient (Wildman–Crippen LogP) is 4.87. The Balaban J connectivity index is 1.31. The molecule has 2 amide bonds. The molecule has 0 radical (unpaired) electrons. The Morgan fingerprint density at radius 1 is 1.00 bits per heavy atom. The highest BCUT2D eigenvalue weighted by Crippen LogP contribution is 2.48. The molecule has 3 fully saturated rings. The average Bonchev–Trinajstić information content (AvgIpc) is 3.11. The van der Waals surface area contributed by atoms with Crippen LogP contribution in [0.1, 0.15) is 78.2 Å². The smallest absolute Gasteiger partial charge is 0.329 e. The van der Waals surface area contributed by atoms with Gasteiger partial charge in [0, 0.05) is 32.7 Å². The van der Waals surface area contributed by atoms with Crippen molar-refractivity contribution in [1.29, 1.82) is 0 Å². The van der Waals surface area contributed by atoms with Crippen LogP contribution >= 0.6 is 0 Å². The number of hydrogen-bond acceptors (Lipinski definition) is 5. The third-order valence-corrected chi connectivity index (χ3v) is 14.6. The summed E-state index contributed by atoms with van der Waals surface area (Å²) in [5.41, 5.74) is 2.86. The van der Waals surface area contributed by atoms with E-state index in [1.54, 1.807) is 16.2 Å². The molecule has 38 heavy (non-hydrogen) atoms. The molecule has 208 valence electrons. The van der Waals surface area contributed by atoms with Gasteiger partial charge in [0.2, 0.25) is 11.8 Å². The Hall–Kier alpha value is -2.39. The standard InChI is InChI=1S/C29H44N4O4Si/c1-28(2,3)38(5,6)37-20-12-14-29(15-13-20)16-18-32(19-17-29)21-8-7-9-22-25(21)31(4)27(36)33(22)23-10-11-24(34)30-26(23)35/h7-9,20,23H,10-19H2,1-6H3,(H,30,34,35). The molecule has 3 aliphatic rings. The summed E-state index contributed by atoms with van der Waals surface area (Å²) < 4.78 is 10.0. The number of aromatic nitrogens is 2. The van der Waals surface area contributed by atoms with Crippen molar-refractivity contribution in [3.63, 3.8) is 0 Å². The van der Waals surface area contributed by atoms with Gasteiger partial charge in [0.05, 0.1) is 16.7 Å².